The van der Waals surface area contributed by atoms with Crippen molar-refractivity contribution in [1.29, 1.82) is 0 Å². The summed E-state index contributed by atoms with van der Waals surface area (Å²) in [5, 5.41) is 7.15. The van der Waals surface area contributed by atoms with Crippen LogP contribution in [0, 0.1) is 31.1 Å². The van der Waals surface area contributed by atoms with E-state index in [1.807, 2.05) is 78.2 Å². The van der Waals surface area contributed by atoms with Gasteiger partial charge in [0.15, 0.2) is 0 Å². The molecule has 2 aromatic heterocycles. The molecule has 0 aliphatic carbocycles. The Hall–Kier alpha value is -3.33. The third kappa shape index (κ3) is 6.94. The number of benzene rings is 1. The van der Waals surface area contributed by atoms with Crippen molar-refractivity contribution in [2.24, 2.45) is 17.3 Å². The molecule has 0 unspecified atom stereocenters. The van der Waals surface area contributed by atoms with Gasteiger partial charge in [-0.15, -0.1) is 11.3 Å². The van der Waals surface area contributed by atoms with Crippen LogP contribution in [0.5, 0.6) is 0 Å². The van der Waals surface area contributed by atoms with Crippen LogP contribution in [0.3, 0.4) is 0 Å². The Morgan fingerprint density at radius 1 is 1.15 bits per heavy atom. The van der Waals surface area contributed by atoms with Crippen LogP contribution in [-0.2, 0) is 14.4 Å². The van der Waals surface area contributed by atoms with Crippen LogP contribution in [0.25, 0.3) is 10.4 Å². The highest BCUT2D eigenvalue weighted by Gasteiger charge is 2.43. The lowest BCUT2D eigenvalue weighted by molar-refractivity contribution is -0.141. The molecule has 3 heterocycles. The van der Waals surface area contributed by atoms with Crippen molar-refractivity contribution in [2.45, 2.75) is 86.2 Å². The van der Waals surface area contributed by atoms with E-state index < -0.39 is 23.4 Å². The smallest absolute Gasteiger partial charge is 0.243 e. The lowest BCUT2D eigenvalue weighted by Crippen LogP contribution is -2.49. The Morgan fingerprint density at radius 2 is 1.83 bits per heavy atom. The summed E-state index contributed by atoms with van der Waals surface area (Å²) in [7, 11) is 0. The molecular formula is C32H42N4O4S. The van der Waals surface area contributed by atoms with Crippen LogP contribution in [-0.4, -0.2) is 45.2 Å². The van der Waals surface area contributed by atoms with Crippen molar-refractivity contribution in [3.8, 4) is 10.4 Å². The summed E-state index contributed by atoms with van der Waals surface area (Å²) in [6, 6.07) is 8.61. The minimum Gasteiger partial charge on any atom is -0.360 e. The number of hydrogen-bond acceptors (Lipinski definition) is 7. The number of likely N-dealkylation sites (tertiary alicyclic amines) is 1. The summed E-state index contributed by atoms with van der Waals surface area (Å²) < 4.78 is 5.49. The molecule has 0 radical (unpaired) electrons. The number of hydrogen-bond donors (Lipinski definition) is 1. The molecule has 8 nitrogen and oxygen atoms in total. The third-order valence-electron chi connectivity index (χ3n) is 7.84. The molecule has 0 bridgehead atoms. The number of carbonyl (C=O) groups excluding carboxylic acids is 3. The van der Waals surface area contributed by atoms with Crippen LogP contribution >= 0.6 is 11.3 Å². The Morgan fingerprint density at radius 3 is 2.37 bits per heavy atom. The standard InChI is InChI=1S/C32H42N4O4S/c1-18(2)28(26-14-20(4)35-40-26)31(39)36-16-19(3)13-25(36)30(38)34-24(15-27(37)32(6,7)8)22-9-11-23(12-10-22)29-21(5)33-17-41-29/h9-12,14,17-19,24-25,28H,13,15-16H2,1-8H3,(H,34,38)/t19-,24+,25+,28-/m1/s1. The normalized spacial score (nSPS) is 18.9. The predicted molar refractivity (Wildman–Crippen MR) is 160 cm³/mol. The zero-order valence-electron chi connectivity index (χ0n) is 25.4. The molecule has 1 fully saturated rings. The zero-order valence-corrected chi connectivity index (χ0v) is 26.2. The van der Waals surface area contributed by atoms with E-state index in [9.17, 15) is 14.4 Å². The molecule has 0 spiro atoms. The van der Waals surface area contributed by atoms with Gasteiger partial charge in [-0.25, -0.2) is 4.98 Å². The van der Waals surface area contributed by atoms with Crippen LogP contribution in [0.4, 0.5) is 0 Å². The van der Waals surface area contributed by atoms with Gasteiger partial charge >= 0.3 is 0 Å². The van der Waals surface area contributed by atoms with Gasteiger partial charge in [0.25, 0.3) is 0 Å². The molecule has 41 heavy (non-hydrogen) atoms. The molecule has 1 saturated heterocycles. The Labute approximate surface area is 246 Å². The highest BCUT2D eigenvalue weighted by molar-refractivity contribution is 7.13. The molecule has 9 heteroatoms. The average Bonchev–Trinajstić information content (AvgIpc) is 3.62. The highest BCUT2D eigenvalue weighted by Crippen LogP contribution is 2.34. The highest BCUT2D eigenvalue weighted by atomic mass is 32.1. The van der Waals surface area contributed by atoms with Gasteiger partial charge in [-0.2, -0.15) is 0 Å². The number of aryl methyl sites for hydroxylation is 2. The number of rotatable bonds is 9. The maximum Gasteiger partial charge on any atom is 0.243 e. The number of carbonyl (C=O) groups is 3. The fourth-order valence-corrected chi connectivity index (χ4v) is 6.25. The van der Waals surface area contributed by atoms with Gasteiger partial charge in [-0.05, 0) is 43.2 Å². The first-order chi connectivity index (χ1) is 19.3. The monoisotopic (exact) mass is 578 g/mol. The first-order valence-electron chi connectivity index (χ1n) is 14.3. The molecule has 3 aromatic rings. The number of thiazole rings is 1. The summed E-state index contributed by atoms with van der Waals surface area (Å²) in [6.07, 6.45) is 0.720. The van der Waals surface area contributed by atoms with Crippen molar-refractivity contribution in [3.63, 3.8) is 0 Å². The van der Waals surface area contributed by atoms with E-state index in [2.05, 4.69) is 22.4 Å². The van der Waals surface area contributed by atoms with Gasteiger partial charge in [0.1, 0.15) is 23.5 Å². The topological polar surface area (TPSA) is 105 Å². The molecule has 1 aliphatic heterocycles. The summed E-state index contributed by atoms with van der Waals surface area (Å²) >= 11 is 1.58. The largest absolute Gasteiger partial charge is 0.360 e. The van der Waals surface area contributed by atoms with E-state index >= 15 is 0 Å². The number of amides is 2. The van der Waals surface area contributed by atoms with Crippen LogP contribution < -0.4 is 5.32 Å². The van der Waals surface area contributed by atoms with Gasteiger partial charge in [-0.1, -0.05) is 71.0 Å². The van der Waals surface area contributed by atoms with E-state index in [0.717, 1.165) is 21.7 Å². The van der Waals surface area contributed by atoms with E-state index in [1.54, 1.807) is 22.3 Å². The maximum atomic E-state index is 13.9. The first kappa shape index (κ1) is 30.6. The van der Waals surface area contributed by atoms with Crippen molar-refractivity contribution >= 4 is 28.9 Å². The van der Waals surface area contributed by atoms with Crippen molar-refractivity contribution in [2.75, 3.05) is 6.54 Å². The van der Waals surface area contributed by atoms with Crippen LogP contribution in [0.1, 0.15) is 89.1 Å². The number of nitrogens with zero attached hydrogens (tertiary/aromatic N) is 3. The van der Waals surface area contributed by atoms with Gasteiger partial charge < -0.3 is 14.7 Å². The van der Waals surface area contributed by atoms with E-state index in [1.165, 1.54) is 0 Å². The van der Waals surface area contributed by atoms with Gasteiger partial charge in [0, 0.05) is 24.4 Å². The average molecular weight is 579 g/mol. The molecule has 2 amide bonds. The van der Waals surface area contributed by atoms with Crippen LogP contribution in [0.15, 0.2) is 40.4 Å². The van der Waals surface area contributed by atoms with E-state index in [0.29, 0.717) is 24.4 Å². The van der Waals surface area contributed by atoms with E-state index in [-0.39, 0.29) is 35.9 Å². The molecule has 4 rings (SSSR count). The van der Waals surface area contributed by atoms with Crippen molar-refractivity contribution in [3.05, 3.63) is 58.6 Å². The summed E-state index contributed by atoms with van der Waals surface area (Å²) in [6.45, 7) is 16.0. The van der Waals surface area contributed by atoms with Gasteiger partial charge in [0.2, 0.25) is 11.8 Å². The Kier molecular flexibility index (Phi) is 9.16. The number of ketones is 1. The fraction of sp³-hybridized carbons (Fsp3) is 0.531. The predicted octanol–water partition coefficient (Wildman–Crippen LogP) is 6.25. The molecule has 0 saturated carbocycles. The fourth-order valence-electron chi connectivity index (χ4n) is 5.44. The lowest BCUT2D eigenvalue weighted by Gasteiger charge is -2.30. The summed E-state index contributed by atoms with van der Waals surface area (Å²) in [4.78, 5) is 48.1. The first-order valence-corrected chi connectivity index (χ1v) is 15.2. The van der Waals surface area contributed by atoms with Gasteiger partial charge in [0.05, 0.1) is 27.8 Å². The van der Waals surface area contributed by atoms with E-state index in [4.69, 9.17) is 4.52 Å². The summed E-state index contributed by atoms with van der Waals surface area (Å²) in [5.74, 6) is -0.203. The molecule has 1 aliphatic rings. The lowest BCUT2D eigenvalue weighted by atomic mass is 9.85. The quantitative estimate of drug-likeness (QED) is 0.322. The van der Waals surface area contributed by atoms with Crippen molar-refractivity contribution < 1.29 is 18.9 Å². The second-order valence-corrected chi connectivity index (χ2v) is 13.6. The van der Waals surface area contributed by atoms with Crippen molar-refractivity contribution in [1.82, 2.24) is 20.4 Å². The number of nitrogens with one attached hydrogen (secondary N) is 1. The second kappa shape index (κ2) is 12.3. The third-order valence-corrected chi connectivity index (χ3v) is 8.82. The molecule has 220 valence electrons. The number of aromatic nitrogens is 2. The van der Waals surface area contributed by atoms with Crippen LogP contribution in [0.2, 0.25) is 0 Å². The molecular weight excluding hydrogens is 536 g/mol. The minimum atomic E-state index is -0.630. The second-order valence-electron chi connectivity index (χ2n) is 12.8. The molecule has 4 atom stereocenters. The Bertz CT molecular complexity index is 1390. The summed E-state index contributed by atoms with van der Waals surface area (Å²) in [5.41, 5.74) is 4.85. The molecule has 1 aromatic carbocycles. The SMILES string of the molecule is Cc1cc([C@H](C(=O)N2C[C@H](C)C[C@H]2C(=O)N[C@@H](CC(=O)C(C)(C)C)c2ccc(-c3scnc3C)cc2)C(C)C)on1. The Balaban J connectivity index is 1.59. The maximum absolute atomic E-state index is 13.9. The minimum absolute atomic E-state index is 0.0349. The number of Topliss-reactive ketones (excluding diaryl/α,β-unsaturated/α-hetero) is 1. The zero-order chi connectivity index (χ0) is 30.1. The van der Waals surface area contributed by atoms with Gasteiger partial charge in [-0.3, -0.25) is 14.4 Å². The molecule has 1 N–H and O–H groups in total.